The van der Waals surface area contributed by atoms with Gasteiger partial charge < -0.3 is 4.74 Å². The Morgan fingerprint density at radius 2 is 0.944 bits per heavy atom. The fourth-order valence-corrected chi connectivity index (χ4v) is 10.5. The summed E-state index contributed by atoms with van der Waals surface area (Å²) in [5.41, 5.74) is 1.15. The van der Waals surface area contributed by atoms with E-state index in [4.69, 9.17) is 29.1 Å². The van der Waals surface area contributed by atoms with Crippen molar-refractivity contribution in [1.29, 1.82) is 0 Å². The number of hydrogen-bond acceptors (Lipinski definition) is 2. The minimum absolute atomic E-state index is 0. The Kier molecular flexibility index (Phi) is 19.7. The van der Waals surface area contributed by atoms with Gasteiger partial charge in [-0.15, -0.1) is 10.9 Å². The van der Waals surface area contributed by atoms with Gasteiger partial charge in [-0.25, -0.2) is 18.2 Å². The number of rotatable bonds is 8. The van der Waals surface area contributed by atoms with Crippen LogP contribution in [0.15, 0.2) is 205 Å². The van der Waals surface area contributed by atoms with Crippen molar-refractivity contribution < 1.29 is 37.0 Å². The van der Waals surface area contributed by atoms with Crippen LogP contribution in [0.3, 0.4) is 0 Å². The first-order valence-corrected chi connectivity index (χ1v) is 24.6. The van der Waals surface area contributed by atoms with Crippen molar-refractivity contribution in [3.63, 3.8) is 0 Å². The first-order valence-electron chi connectivity index (χ1n) is 17.4. The van der Waals surface area contributed by atoms with E-state index >= 15 is 0 Å². The van der Waals surface area contributed by atoms with Gasteiger partial charge in [-0.2, -0.15) is 30.3 Å². The molecule has 7 aromatic carbocycles. The molecule has 2 nitrogen and oxygen atoms in total. The summed E-state index contributed by atoms with van der Waals surface area (Å²) in [6, 6.07) is 70.6. The largest absolute Gasteiger partial charge is 2.00 e. The molecule has 0 unspecified atom stereocenters. The number of ether oxygens (including phenoxy) is 1. The van der Waals surface area contributed by atoms with Crippen molar-refractivity contribution in [1.82, 2.24) is 0 Å². The summed E-state index contributed by atoms with van der Waals surface area (Å²) in [5, 5.41) is 8.21. The molecule has 0 saturated heterocycles. The zero-order valence-corrected chi connectivity index (χ0v) is 36.3. The fourth-order valence-electron chi connectivity index (χ4n) is 5.75. The van der Waals surface area contributed by atoms with Crippen molar-refractivity contribution in [2.45, 2.75) is 19.9 Å². The number of aliphatic imine (C=N–C) groups is 1. The van der Waals surface area contributed by atoms with E-state index in [1.807, 2.05) is 30.3 Å². The molecule has 1 heterocycles. The molecule has 0 radical (unpaired) electrons. The molecule has 54 heavy (non-hydrogen) atoms. The van der Waals surface area contributed by atoms with Crippen molar-refractivity contribution in [2.24, 2.45) is 10.9 Å². The number of benzene rings is 5. The predicted molar refractivity (Wildman–Crippen MR) is 231 cm³/mol. The molecule has 0 spiro atoms. The van der Waals surface area contributed by atoms with Crippen LogP contribution in [0, 0.1) is 5.92 Å². The van der Waals surface area contributed by atoms with Gasteiger partial charge in [0, 0.05) is 0 Å². The Morgan fingerprint density at radius 3 is 1.26 bits per heavy atom. The zero-order chi connectivity index (χ0) is 37.1. The van der Waals surface area contributed by atoms with Crippen LogP contribution in [0.2, 0.25) is 0 Å². The van der Waals surface area contributed by atoms with Gasteiger partial charge in [-0.1, -0.05) is 166 Å². The van der Waals surface area contributed by atoms with Crippen LogP contribution < -0.4 is 31.8 Å². The molecular formula is C46H43Cl2FeNOP2Ru. The molecule has 1 atom stereocenters. The van der Waals surface area contributed by atoms with E-state index in [1.165, 1.54) is 31.8 Å². The second-order valence-corrected chi connectivity index (χ2v) is 19.3. The van der Waals surface area contributed by atoms with Gasteiger partial charge in [0.05, 0.1) is 6.04 Å². The number of hydrogen-bond donors (Lipinski definition) is 0. The van der Waals surface area contributed by atoms with Gasteiger partial charge in [0.15, 0.2) is 0 Å². The Morgan fingerprint density at radius 1 is 0.574 bits per heavy atom. The second kappa shape index (κ2) is 24.4. The van der Waals surface area contributed by atoms with Gasteiger partial charge in [-0.05, 0) is 48.3 Å². The molecule has 0 bridgehead atoms. The maximum absolute atomic E-state index is 5.99. The van der Waals surface area contributed by atoms with Crippen LogP contribution in [0.4, 0.5) is 0 Å². The van der Waals surface area contributed by atoms with Gasteiger partial charge in [-0.3, -0.25) is 4.99 Å². The number of nitrogens with zero attached hydrogens (tertiary/aromatic N) is 1. The second-order valence-electron chi connectivity index (χ2n) is 12.2. The topological polar surface area (TPSA) is 21.6 Å². The Bertz CT molecular complexity index is 1860. The summed E-state index contributed by atoms with van der Waals surface area (Å²) in [7, 11) is 8.63. The van der Waals surface area contributed by atoms with E-state index in [2.05, 4.69) is 184 Å². The maximum atomic E-state index is 5.99. The third-order valence-electron chi connectivity index (χ3n) is 8.34. The number of halogens is 2. The van der Waals surface area contributed by atoms with E-state index in [0.29, 0.717) is 12.5 Å². The average Bonchev–Trinajstić information content (AvgIpc) is 4.03. The standard InChI is InChI=1S/C23H23NOP.C18H15P.C5H5.2ClH.Fe.Ru/c1-17(2)21-16-25-23(24-21)20-14-9-15-22(20)26(18-10-5-3-6-11-18)19-12-7-4-8-13-19;1-4-10-16(11-5-1)19(17-12-6-2-7-13-17)18-14-8-3-9-15-18;1-2-4-5-3-1;;;;/h3-15,17,21H,16H2,1-2H3;1-15H;1-5H;2*1H;;/q-1;;-1;;;2*+2/p-2/t21-;;;;;;/m0....../s1. The van der Waals surface area contributed by atoms with Gasteiger partial charge in [0.25, 0.3) is 0 Å². The Labute approximate surface area is 350 Å². The summed E-state index contributed by atoms with van der Waals surface area (Å²) in [6.45, 7) is 5.09. The van der Waals surface area contributed by atoms with E-state index in [1.54, 1.807) is 0 Å². The van der Waals surface area contributed by atoms with Gasteiger partial charge in [0.1, 0.15) is 12.5 Å². The van der Waals surface area contributed by atoms with Crippen LogP contribution in [-0.2, 0) is 37.0 Å². The van der Waals surface area contributed by atoms with Gasteiger partial charge in [0.2, 0.25) is 0 Å². The first kappa shape index (κ1) is 43.6. The predicted octanol–water partition coefficient (Wildman–Crippen LogP) is 10.2. The molecule has 0 fully saturated rings. The molecule has 1 aliphatic rings. The van der Waals surface area contributed by atoms with E-state index in [-0.39, 0.29) is 38.3 Å². The zero-order valence-electron chi connectivity index (χ0n) is 30.1. The van der Waals surface area contributed by atoms with Crippen molar-refractivity contribution in [3.05, 3.63) is 206 Å². The van der Waals surface area contributed by atoms with Crippen molar-refractivity contribution >= 4 is 73.0 Å². The van der Waals surface area contributed by atoms with Crippen LogP contribution in [0.1, 0.15) is 19.4 Å². The minimum atomic E-state index is -0.636. The van der Waals surface area contributed by atoms with Crippen LogP contribution in [0.5, 0.6) is 0 Å². The van der Waals surface area contributed by atoms with E-state index < -0.39 is 15.8 Å². The van der Waals surface area contributed by atoms with E-state index in [0.717, 1.165) is 11.5 Å². The average molecular weight is 916 g/mol. The monoisotopic (exact) mass is 915 g/mol. The third-order valence-corrected chi connectivity index (χ3v) is 13.3. The normalized spacial score (nSPS) is 12.9. The molecule has 7 aromatic rings. The molecule has 0 N–H and O–H groups in total. The molecule has 0 amide bonds. The summed E-state index contributed by atoms with van der Waals surface area (Å²) in [4.78, 5) is 4.87. The van der Waals surface area contributed by atoms with Crippen LogP contribution >= 0.6 is 35.2 Å². The molecule has 0 aliphatic carbocycles. The van der Waals surface area contributed by atoms with Gasteiger partial charge >= 0.3 is 51.6 Å². The SMILES string of the molecule is CC(C)[C@@H]1COC(c2cc[cH-]c2P(c2ccccc2)c2ccccc2)=N1.[Cl][Ru][Cl].[Fe+2].c1cc[cH-]c1.c1ccc(P(c2ccccc2)c2ccccc2)cc1. The summed E-state index contributed by atoms with van der Waals surface area (Å²) >= 11 is -0.346. The molecule has 8 rings (SSSR count). The fraction of sp³-hybridized carbons (Fsp3) is 0.109. The first-order chi connectivity index (χ1) is 26.1. The van der Waals surface area contributed by atoms with Crippen molar-refractivity contribution in [2.75, 3.05) is 6.61 Å². The van der Waals surface area contributed by atoms with E-state index in [9.17, 15) is 0 Å². The summed E-state index contributed by atoms with van der Waals surface area (Å²) in [6.07, 6.45) is 0. The summed E-state index contributed by atoms with van der Waals surface area (Å²) in [5.74, 6) is 1.30. The quantitative estimate of drug-likeness (QED) is 0.0846. The van der Waals surface area contributed by atoms with Crippen LogP contribution in [0.25, 0.3) is 0 Å². The van der Waals surface area contributed by atoms with Crippen molar-refractivity contribution in [3.8, 4) is 0 Å². The molecule has 8 heteroatoms. The molecule has 1 aliphatic heterocycles. The molecular weight excluding hydrogens is 872 g/mol. The molecule has 278 valence electrons. The molecule has 0 saturated carbocycles. The van der Waals surface area contributed by atoms with Crippen LogP contribution in [-0.4, -0.2) is 18.5 Å². The Balaban J connectivity index is 0.000000203. The maximum Gasteiger partial charge on any atom is 2.00 e. The minimum Gasteiger partial charge on any atom is -0.214 e. The molecule has 0 aromatic heterocycles. The summed E-state index contributed by atoms with van der Waals surface area (Å²) < 4.78 is 5.99. The third kappa shape index (κ3) is 13.0. The Hall–Kier alpha value is -3.15. The smallest absolute Gasteiger partial charge is 0.214 e.